The van der Waals surface area contributed by atoms with Crippen molar-refractivity contribution in [3.63, 3.8) is 0 Å². The number of aliphatic hydroxyl groups excluding tert-OH is 1. The van der Waals surface area contributed by atoms with Gasteiger partial charge in [-0.05, 0) is 31.0 Å². The predicted molar refractivity (Wildman–Crippen MR) is 62.0 cm³/mol. The summed E-state index contributed by atoms with van der Waals surface area (Å²) in [5.41, 5.74) is 5.75. The molecule has 4 nitrogen and oxygen atoms in total. The molecule has 1 aliphatic heterocycles. The zero-order chi connectivity index (χ0) is 12.4. The Morgan fingerprint density at radius 2 is 2.29 bits per heavy atom. The van der Waals surface area contributed by atoms with E-state index in [-0.39, 0.29) is 11.6 Å². The summed E-state index contributed by atoms with van der Waals surface area (Å²) < 4.78 is 13.0. The van der Waals surface area contributed by atoms with E-state index in [1.54, 1.807) is 4.90 Å². The summed E-state index contributed by atoms with van der Waals surface area (Å²) >= 11 is 0. The Balaban J connectivity index is 2.15. The number of benzene rings is 1. The summed E-state index contributed by atoms with van der Waals surface area (Å²) in [4.78, 5) is 13.6. The molecule has 2 rings (SSSR count). The third-order valence-corrected chi connectivity index (χ3v) is 2.93. The number of carbonyl (C=O) groups excluding carboxylic acids is 1. The number of halogens is 1. The normalized spacial score (nSPS) is 20.4. The van der Waals surface area contributed by atoms with Crippen molar-refractivity contribution in [3.8, 4) is 0 Å². The van der Waals surface area contributed by atoms with Crippen LogP contribution in [-0.2, 0) is 0 Å². The monoisotopic (exact) mass is 238 g/mol. The van der Waals surface area contributed by atoms with Crippen molar-refractivity contribution in [2.24, 2.45) is 0 Å². The van der Waals surface area contributed by atoms with E-state index in [4.69, 9.17) is 5.73 Å². The van der Waals surface area contributed by atoms with Gasteiger partial charge in [0, 0.05) is 18.7 Å². The van der Waals surface area contributed by atoms with Gasteiger partial charge in [0.1, 0.15) is 5.82 Å². The van der Waals surface area contributed by atoms with Crippen LogP contribution < -0.4 is 5.73 Å². The van der Waals surface area contributed by atoms with E-state index < -0.39 is 11.9 Å². The van der Waals surface area contributed by atoms with Crippen molar-refractivity contribution in [2.45, 2.75) is 18.9 Å². The van der Waals surface area contributed by atoms with Crippen LogP contribution in [0, 0.1) is 5.82 Å². The number of hydrogen-bond acceptors (Lipinski definition) is 3. The zero-order valence-corrected chi connectivity index (χ0v) is 9.40. The lowest BCUT2D eigenvalue weighted by Gasteiger charge is -2.30. The highest BCUT2D eigenvalue weighted by atomic mass is 19.1. The van der Waals surface area contributed by atoms with Gasteiger partial charge in [-0.2, -0.15) is 0 Å². The maximum Gasteiger partial charge on any atom is 0.254 e. The van der Waals surface area contributed by atoms with Gasteiger partial charge in [0.15, 0.2) is 0 Å². The Bertz CT molecular complexity index is 437. The predicted octanol–water partition coefficient (Wildman–Crippen LogP) is 1.00. The molecule has 92 valence electrons. The molecule has 1 atom stereocenters. The number of nitrogen functional groups attached to an aromatic ring is 1. The van der Waals surface area contributed by atoms with Gasteiger partial charge in [0.05, 0.1) is 11.8 Å². The van der Waals surface area contributed by atoms with Gasteiger partial charge in [-0.15, -0.1) is 0 Å². The minimum Gasteiger partial charge on any atom is -0.396 e. The van der Waals surface area contributed by atoms with Crippen molar-refractivity contribution >= 4 is 11.6 Å². The highest BCUT2D eigenvalue weighted by Gasteiger charge is 2.23. The van der Waals surface area contributed by atoms with Crippen molar-refractivity contribution in [1.82, 2.24) is 4.90 Å². The number of β-amino-alcohol motifs (C(OH)–C–C–N with tert-alkyl or cyclic N) is 1. The van der Waals surface area contributed by atoms with Crippen LogP contribution in [-0.4, -0.2) is 35.1 Å². The molecule has 0 bridgehead atoms. The molecule has 0 radical (unpaired) electrons. The number of nitrogens with two attached hydrogens (primary N) is 1. The number of anilines is 1. The Labute approximate surface area is 98.8 Å². The molecule has 1 heterocycles. The van der Waals surface area contributed by atoms with Crippen molar-refractivity contribution in [2.75, 3.05) is 18.8 Å². The van der Waals surface area contributed by atoms with Crippen LogP contribution in [0.3, 0.4) is 0 Å². The molecule has 1 fully saturated rings. The minimum absolute atomic E-state index is 0.0339. The number of aliphatic hydroxyl groups is 1. The number of amides is 1. The topological polar surface area (TPSA) is 66.6 Å². The molecule has 3 N–H and O–H groups in total. The van der Waals surface area contributed by atoms with E-state index in [0.717, 1.165) is 12.8 Å². The average Bonchev–Trinajstić information content (AvgIpc) is 2.32. The highest BCUT2D eigenvalue weighted by molar-refractivity contribution is 5.95. The summed E-state index contributed by atoms with van der Waals surface area (Å²) in [6, 6.07) is 3.93. The van der Waals surface area contributed by atoms with Crippen LogP contribution in [0.4, 0.5) is 10.1 Å². The first-order valence-electron chi connectivity index (χ1n) is 5.60. The molecule has 1 aromatic carbocycles. The lowest BCUT2D eigenvalue weighted by molar-refractivity contribution is 0.0474. The summed E-state index contributed by atoms with van der Waals surface area (Å²) in [6.07, 6.45) is 1.03. The second kappa shape index (κ2) is 4.71. The smallest absolute Gasteiger partial charge is 0.254 e. The van der Waals surface area contributed by atoms with Crippen molar-refractivity contribution in [3.05, 3.63) is 29.6 Å². The number of nitrogens with zero attached hydrogens (tertiary/aromatic N) is 1. The van der Waals surface area contributed by atoms with Crippen LogP contribution in [0.15, 0.2) is 18.2 Å². The van der Waals surface area contributed by atoms with E-state index in [1.165, 1.54) is 18.2 Å². The number of piperidine rings is 1. The maximum absolute atomic E-state index is 13.0. The lowest BCUT2D eigenvalue weighted by atomic mass is 10.1. The standard InChI is InChI=1S/C12H15FN2O2/c13-10-4-3-8(6-11(10)14)12(17)15-5-1-2-9(16)7-15/h3-4,6,9,16H,1-2,5,7,14H2. The van der Waals surface area contributed by atoms with Gasteiger partial charge in [-0.3, -0.25) is 4.79 Å². The van der Waals surface area contributed by atoms with Crippen molar-refractivity contribution < 1.29 is 14.3 Å². The van der Waals surface area contributed by atoms with E-state index in [1.807, 2.05) is 0 Å². The number of hydrogen-bond donors (Lipinski definition) is 2. The Hall–Kier alpha value is -1.62. The molecular formula is C12H15FN2O2. The first-order chi connectivity index (χ1) is 8.08. The first kappa shape index (κ1) is 11.9. The third kappa shape index (κ3) is 2.55. The molecule has 0 saturated carbocycles. The molecule has 17 heavy (non-hydrogen) atoms. The van der Waals surface area contributed by atoms with Gasteiger partial charge >= 0.3 is 0 Å². The van der Waals surface area contributed by atoms with Crippen LogP contribution in [0.1, 0.15) is 23.2 Å². The summed E-state index contributed by atoms with van der Waals surface area (Å²) in [5, 5.41) is 9.50. The van der Waals surface area contributed by atoms with E-state index >= 15 is 0 Å². The van der Waals surface area contributed by atoms with E-state index in [2.05, 4.69) is 0 Å². The molecule has 1 aliphatic rings. The second-order valence-electron chi connectivity index (χ2n) is 4.28. The fraction of sp³-hybridized carbons (Fsp3) is 0.417. The largest absolute Gasteiger partial charge is 0.396 e. The molecule has 1 aromatic rings. The molecule has 5 heteroatoms. The molecule has 1 amide bonds. The summed E-state index contributed by atoms with van der Waals surface area (Å²) in [7, 11) is 0. The summed E-state index contributed by atoms with van der Waals surface area (Å²) in [5.74, 6) is -0.740. The highest BCUT2D eigenvalue weighted by Crippen LogP contribution is 2.17. The fourth-order valence-corrected chi connectivity index (χ4v) is 2.00. The molecule has 0 spiro atoms. The average molecular weight is 238 g/mol. The SMILES string of the molecule is Nc1cc(C(=O)N2CCCC(O)C2)ccc1F. The Morgan fingerprint density at radius 3 is 2.94 bits per heavy atom. The second-order valence-corrected chi connectivity index (χ2v) is 4.28. The minimum atomic E-state index is -0.528. The third-order valence-electron chi connectivity index (χ3n) is 2.93. The zero-order valence-electron chi connectivity index (χ0n) is 9.40. The van der Waals surface area contributed by atoms with Crippen LogP contribution in [0.2, 0.25) is 0 Å². The van der Waals surface area contributed by atoms with Crippen LogP contribution in [0.25, 0.3) is 0 Å². The number of carbonyl (C=O) groups is 1. The molecule has 1 unspecified atom stereocenters. The van der Waals surface area contributed by atoms with E-state index in [0.29, 0.717) is 18.7 Å². The lowest BCUT2D eigenvalue weighted by Crippen LogP contribution is -2.42. The van der Waals surface area contributed by atoms with Crippen LogP contribution >= 0.6 is 0 Å². The van der Waals surface area contributed by atoms with Gasteiger partial charge in [0.25, 0.3) is 5.91 Å². The number of rotatable bonds is 1. The van der Waals surface area contributed by atoms with Gasteiger partial charge in [0.2, 0.25) is 0 Å². The molecule has 0 aromatic heterocycles. The molecule has 1 saturated heterocycles. The van der Waals surface area contributed by atoms with E-state index in [9.17, 15) is 14.3 Å². The van der Waals surface area contributed by atoms with Crippen LogP contribution in [0.5, 0.6) is 0 Å². The number of likely N-dealkylation sites (tertiary alicyclic amines) is 1. The fourth-order valence-electron chi connectivity index (χ4n) is 2.00. The first-order valence-corrected chi connectivity index (χ1v) is 5.60. The quantitative estimate of drug-likeness (QED) is 0.717. The Morgan fingerprint density at radius 1 is 1.53 bits per heavy atom. The van der Waals surface area contributed by atoms with Gasteiger partial charge in [-0.1, -0.05) is 0 Å². The molecular weight excluding hydrogens is 223 g/mol. The summed E-state index contributed by atoms with van der Waals surface area (Å²) in [6.45, 7) is 0.948. The van der Waals surface area contributed by atoms with Gasteiger partial charge in [-0.25, -0.2) is 4.39 Å². The Kier molecular flexibility index (Phi) is 3.28. The van der Waals surface area contributed by atoms with Crippen molar-refractivity contribution in [1.29, 1.82) is 0 Å². The maximum atomic E-state index is 13.0. The van der Waals surface area contributed by atoms with Gasteiger partial charge < -0.3 is 15.7 Å². The molecule has 0 aliphatic carbocycles.